The van der Waals surface area contributed by atoms with Crippen LogP contribution in [-0.2, 0) is 4.79 Å². The fourth-order valence-corrected chi connectivity index (χ4v) is 1.24. The van der Waals surface area contributed by atoms with Crippen LogP contribution in [0.25, 0.3) is 0 Å². The van der Waals surface area contributed by atoms with Crippen molar-refractivity contribution in [1.29, 1.82) is 0 Å². The number of carbonyl (C=O) groups is 1. The maximum absolute atomic E-state index is 10.8. The maximum Gasteiger partial charge on any atom is 0.166 e. The van der Waals surface area contributed by atoms with E-state index in [9.17, 15) is 4.79 Å². The molecule has 0 spiro atoms. The minimum absolute atomic E-state index is 0.117. The van der Waals surface area contributed by atoms with Crippen LogP contribution in [0.15, 0.2) is 23.6 Å². The summed E-state index contributed by atoms with van der Waals surface area (Å²) in [5.74, 6) is 1.05. The highest BCUT2D eigenvalue weighted by molar-refractivity contribution is 8.03. The van der Waals surface area contributed by atoms with Crippen molar-refractivity contribution < 1.29 is 4.79 Å². The van der Waals surface area contributed by atoms with Gasteiger partial charge in [-0.15, -0.1) is 11.8 Å². The van der Waals surface area contributed by atoms with Crippen LogP contribution in [0, 0.1) is 0 Å². The van der Waals surface area contributed by atoms with E-state index in [-0.39, 0.29) is 5.78 Å². The van der Waals surface area contributed by atoms with Gasteiger partial charge in [-0.3, -0.25) is 4.79 Å². The maximum atomic E-state index is 10.8. The van der Waals surface area contributed by atoms with Gasteiger partial charge in [0.05, 0.1) is 4.91 Å². The zero-order valence-electron chi connectivity index (χ0n) is 6.39. The molecule has 0 atom stereocenters. The van der Waals surface area contributed by atoms with Gasteiger partial charge in [0.25, 0.3) is 0 Å². The Morgan fingerprint density at radius 3 is 2.60 bits per heavy atom. The lowest BCUT2D eigenvalue weighted by Crippen LogP contribution is -1.91. The van der Waals surface area contributed by atoms with Gasteiger partial charge in [0.2, 0.25) is 0 Å². The lowest BCUT2D eigenvalue weighted by molar-refractivity contribution is -0.112. The summed E-state index contributed by atoms with van der Waals surface area (Å²) in [5.41, 5.74) is 0. The Morgan fingerprint density at radius 1 is 1.70 bits per heavy atom. The molecular formula is C8H12OS. The number of ketones is 1. The summed E-state index contributed by atoms with van der Waals surface area (Å²) in [6, 6.07) is 0. The molecule has 0 aliphatic heterocycles. The van der Waals surface area contributed by atoms with Crippen LogP contribution in [0.3, 0.4) is 0 Å². The molecular weight excluding hydrogens is 144 g/mol. The largest absolute Gasteiger partial charge is 0.294 e. The van der Waals surface area contributed by atoms with Crippen LogP contribution in [0.4, 0.5) is 0 Å². The summed E-state index contributed by atoms with van der Waals surface area (Å²) < 4.78 is 0. The molecule has 0 saturated carbocycles. The van der Waals surface area contributed by atoms with Gasteiger partial charge in [-0.1, -0.05) is 19.6 Å². The number of thioether (sulfide) groups is 1. The van der Waals surface area contributed by atoms with E-state index in [2.05, 4.69) is 6.58 Å². The molecule has 0 rings (SSSR count). The standard InChI is InChI=1S/C8H12OS/c1-4-6-8(7(3)9)10-5-2/h4,6H,1,5H2,2-3H3/b8-6+. The predicted octanol–water partition coefficient (Wildman–Crippen LogP) is 2.40. The Kier molecular flexibility index (Phi) is 5.03. The van der Waals surface area contributed by atoms with Gasteiger partial charge < -0.3 is 0 Å². The van der Waals surface area contributed by atoms with Crippen molar-refractivity contribution in [3.05, 3.63) is 23.6 Å². The molecule has 0 aromatic heterocycles. The smallest absolute Gasteiger partial charge is 0.166 e. The van der Waals surface area contributed by atoms with E-state index in [0.717, 1.165) is 10.7 Å². The fourth-order valence-electron chi connectivity index (χ4n) is 0.530. The predicted molar refractivity (Wildman–Crippen MR) is 47.1 cm³/mol. The normalized spacial score (nSPS) is 11.2. The number of carbonyl (C=O) groups excluding carboxylic acids is 1. The molecule has 56 valence electrons. The first-order valence-electron chi connectivity index (χ1n) is 3.18. The summed E-state index contributed by atoms with van der Waals surface area (Å²) in [5, 5.41) is 0. The summed E-state index contributed by atoms with van der Waals surface area (Å²) in [7, 11) is 0. The number of hydrogen-bond acceptors (Lipinski definition) is 2. The third kappa shape index (κ3) is 3.51. The third-order valence-corrected chi connectivity index (χ3v) is 1.94. The first kappa shape index (κ1) is 9.50. The molecule has 0 fully saturated rings. The van der Waals surface area contributed by atoms with Gasteiger partial charge in [0.15, 0.2) is 5.78 Å². The van der Waals surface area contributed by atoms with E-state index in [0.29, 0.717) is 0 Å². The summed E-state index contributed by atoms with van der Waals surface area (Å²) in [4.78, 5) is 11.6. The summed E-state index contributed by atoms with van der Waals surface area (Å²) in [6.45, 7) is 7.11. The minimum Gasteiger partial charge on any atom is -0.294 e. The molecule has 1 nitrogen and oxygen atoms in total. The van der Waals surface area contributed by atoms with E-state index in [4.69, 9.17) is 0 Å². The molecule has 0 saturated heterocycles. The van der Waals surface area contributed by atoms with Crippen molar-refractivity contribution in [3.8, 4) is 0 Å². The van der Waals surface area contributed by atoms with Gasteiger partial charge in [0, 0.05) is 0 Å². The Balaban J connectivity index is 4.11. The highest BCUT2D eigenvalue weighted by atomic mass is 32.2. The lowest BCUT2D eigenvalue weighted by Gasteiger charge is -1.96. The number of rotatable bonds is 4. The molecule has 0 aliphatic carbocycles. The van der Waals surface area contributed by atoms with Crippen LogP contribution in [0.5, 0.6) is 0 Å². The average molecular weight is 156 g/mol. The quantitative estimate of drug-likeness (QED) is 0.459. The highest BCUT2D eigenvalue weighted by Crippen LogP contribution is 2.15. The molecule has 0 aromatic rings. The van der Waals surface area contributed by atoms with Crippen LogP contribution < -0.4 is 0 Å². The van der Waals surface area contributed by atoms with Crippen molar-refractivity contribution in [2.24, 2.45) is 0 Å². The van der Waals surface area contributed by atoms with Crippen LogP contribution in [0.1, 0.15) is 13.8 Å². The Labute approximate surface area is 66.2 Å². The number of allylic oxidation sites excluding steroid dienone is 3. The molecule has 10 heavy (non-hydrogen) atoms. The highest BCUT2D eigenvalue weighted by Gasteiger charge is 1.99. The molecule has 0 aliphatic rings. The van der Waals surface area contributed by atoms with E-state index in [1.165, 1.54) is 0 Å². The molecule has 0 N–H and O–H groups in total. The zero-order chi connectivity index (χ0) is 7.98. The second-order valence-corrected chi connectivity index (χ2v) is 3.06. The van der Waals surface area contributed by atoms with E-state index < -0.39 is 0 Å². The van der Waals surface area contributed by atoms with Crippen molar-refractivity contribution in [3.63, 3.8) is 0 Å². The van der Waals surface area contributed by atoms with Crippen molar-refractivity contribution in [2.75, 3.05) is 5.75 Å². The number of hydrogen-bond donors (Lipinski definition) is 0. The second-order valence-electron chi connectivity index (χ2n) is 1.76. The molecule has 2 heteroatoms. The lowest BCUT2D eigenvalue weighted by atomic mass is 10.4. The molecule has 0 amide bonds. The van der Waals surface area contributed by atoms with E-state index in [1.54, 1.807) is 30.8 Å². The van der Waals surface area contributed by atoms with Crippen LogP contribution in [-0.4, -0.2) is 11.5 Å². The Hall–Kier alpha value is -0.500. The van der Waals surface area contributed by atoms with Crippen LogP contribution in [0.2, 0.25) is 0 Å². The first-order chi connectivity index (χ1) is 4.72. The van der Waals surface area contributed by atoms with Crippen molar-refractivity contribution >= 4 is 17.5 Å². The second kappa shape index (κ2) is 5.30. The SMILES string of the molecule is C=C/C=C(/SCC)C(C)=O. The molecule has 0 bridgehead atoms. The topological polar surface area (TPSA) is 17.1 Å². The minimum atomic E-state index is 0.117. The monoisotopic (exact) mass is 156 g/mol. The summed E-state index contributed by atoms with van der Waals surface area (Å²) in [6.07, 6.45) is 3.38. The van der Waals surface area contributed by atoms with Crippen LogP contribution >= 0.6 is 11.8 Å². The molecule has 0 unspecified atom stereocenters. The third-order valence-electron chi connectivity index (χ3n) is 0.916. The average Bonchev–Trinajstić information content (AvgIpc) is 1.87. The molecule has 0 radical (unpaired) electrons. The number of Topliss-reactive ketones (excluding diaryl/α,β-unsaturated/α-hetero) is 1. The summed E-state index contributed by atoms with van der Waals surface area (Å²) >= 11 is 1.55. The fraction of sp³-hybridized carbons (Fsp3) is 0.375. The van der Waals surface area contributed by atoms with Gasteiger partial charge in [0.1, 0.15) is 0 Å². The molecule has 0 aromatic carbocycles. The van der Waals surface area contributed by atoms with Gasteiger partial charge >= 0.3 is 0 Å². The van der Waals surface area contributed by atoms with Gasteiger partial charge in [-0.25, -0.2) is 0 Å². The Bertz CT molecular complexity index is 159. The van der Waals surface area contributed by atoms with E-state index >= 15 is 0 Å². The molecule has 0 heterocycles. The Morgan fingerprint density at radius 2 is 2.30 bits per heavy atom. The van der Waals surface area contributed by atoms with Gasteiger partial charge in [-0.05, 0) is 18.8 Å². The zero-order valence-corrected chi connectivity index (χ0v) is 7.20. The van der Waals surface area contributed by atoms with E-state index in [1.807, 2.05) is 6.92 Å². The first-order valence-corrected chi connectivity index (χ1v) is 4.17. The van der Waals surface area contributed by atoms with Gasteiger partial charge in [-0.2, -0.15) is 0 Å². The van der Waals surface area contributed by atoms with Crippen molar-refractivity contribution in [1.82, 2.24) is 0 Å². The van der Waals surface area contributed by atoms with Crippen molar-refractivity contribution in [2.45, 2.75) is 13.8 Å².